The first-order chi connectivity index (χ1) is 8.60. The smallest absolute Gasteiger partial charge is 0.152 e. The first-order valence-electron chi connectivity index (χ1n) is 4.98. The second kappa shape index (κ2) is 5.38. The Labute approximate surface area is 113 Å². The van der Waals surface area contributed by atoms with Crippen molar-refractivity contribution >= 4 is 29.5 Å². The Morgan fingerprint density at radius 3 is 2.28 bits per heavy atom. The molecule has 92 valence electrons. The summed E-state index contributed by atoms with van der Waals surface area (Å²) in [6.07, 6.45) is 0.443. The molecule has 0 saturated carbocycles. The molecule has 0 amide bonds. The first-order valence-corrected chi connectivity index (χ1v) is 5.73. The number of carbonyl (C=O) groups is 1. The summed E-state index contributed by atoms with van der Waals surface area (Å²) in [5.41, 5.74) is -0.0171. The van der Waals surface area contributed by atoms with Crippen molar-refractivity contribution in [3.05, 3.63) is 57.8 Å². The van der Waals surface area contributed by atoms with E-state index in [4.69, 9.17) is 27.9 Å². The standard InChI is InChI=1S/C13H7Cl2FO2/c14-11-4-3-9(5-12(11)15)18-10-2-1-8(7-17)13(16)6-10/h1-7H. The Morgan fingerprint density at radius 2 is 1.67 bits per heavy atom. The van der Waals surface area contributed by atoms with Crippen molar-refractivity contribution in [2.75, 3.05) is 0 Å². The fourth-order valence-electron chi connectivity index (χ4n) is 1.34. The molecular formula is C13H7Cl2FO2. The fourth-order valence-corrected chi connectivity index (χ4v) is 1.63. The minimum atomic E-state index is -0.637. The van der Waals surface area contributed by atoms with Crippen LogP contribution in [-0.2, 0) is 0 Å². The van der Waals surface area contributed by atoms with Crippen molar-refractivity contribution in [3.63, 3.8) is 0 Å². The van der Waals surface area contributed by atoms with Gasteiger partial charge in [0.15, 0.2) is 6.29 Å². The highest BCUT2D eigenvalue weighted by atomic mass is 35.5. The summed E-state index contributed by atoms with van der Waals surface area (Å²) in [5, 5.41) is 0.755. The highest BCUT2D eigenvalue weighted by Crippen LogP contribution is 2.29. The number of benzene rings is 2. The van der Waals surface area contributed by atoms with Gasteiger partial charge in [-0.25, -0.2) is 4.39 Å². The minimum absolute atomic E-state index is 0.0171. The van der Waals surface area contributed by atoms with Gasteiger partial charge >= 0.3 is 0 Å². The van der Waals surface area contributed by atoms with Crippen molar-refractivity contribution in [1.29, 1.82) is 0 Å². The van der Waals surface area contributed by atoms with Crippen LogP contribution in [0.3, 0.4) is 0 Å². The van der Waals surface area contributed by atoms with Crippen molar-refractivity contribution < 1.29 is 13.9 Å². The molecular weight excluding hydrogens is 278 g/mol. The molecule has 18 heavy (non-hydrogen) atoms. The summed E-state index contributed by atoms with van der Waals surface area (Å²) in [5.74, 6) is 0.0710. The van der Waals surface area contributed by atoms with Gasteiger partial charge in [0.25, 0.3) is 0 Å². The molecule has 2 aromatic carbocycles. The molecule has 0 heterocycles. The predicted molar refractivity (Wildman–Crippen MR) is 68.3 cm³/mol. The Bertz CT molecular complexity index is 600. The van der Waals surface area contributed by atoms with E-state index in [1.807, 2.05) is 0 Å². The van der Waals surface area contributed by atoms with E-state index >= 15 is 0 Å². The van der Waals surface area contributed by atoms with Gasteiger partial charge < -0.3 is 4.74 Å². The maximum atomic E-state index is 13.3. The SMILES string of the molecule is O=Cc1ccc(Oc2ccc(Cl)c(Cl)c2)cc1F. The maximum Gasteiger partial charge on any atom is 0.152 e. The number of hydrogen-bond donors (Lipinski definition) is 0. The van der Waals surface area contributed by atoms with Gasteiger partial charge in [0.1, 0.15) is 17.3 Å². The van der Waals surface area contributed by atoms with E-state index < -0.39 is 5.82 Å². The average Bonchev–Trinajstić information content (AvgIpc) is 2.34. The molecule has 0 unspecified atom stereocenters. The summed E-state index contributed by atoms with van der Waals surface area (Å²) in [6.45, 7) is 0. The zero-order valence-corrected chi connectivity index (χ0v) is 10.5. The quantitative estimate of drug-likeness (QED) is 0.761. The third-order valence-corrected chi connectivity index (χ3v) is 2.96. The Balaban J connectivity index is 2.25. The molecule has 0 atom stereocenters. The van der Waals surface area contributed by atoms with Gasteiger partial charge in [-0.1, -0.05) is 23.2 Å². The maximum absolute atomic E-state index is 13.3. The lowest BCUT2D eigenvalue weighted by Gasteiger charge is -2.07. The zero-order chi connectivity index (χ0) is 13.1. The third-order valence-electron chi connectivity index (χ3n) is 2.23. The summed E-state index contributed by atoms with van der Waals surface area (Å²) >= 11 is 11.6. The normalized spacial score (nSPS) is 10.2. The van der Waals surface area contributed by atoms with Crippen molar-refractivity contribution in [3.8, 4) is 11.5 Å². The zero-order valence-electron chi connectivity index (χ0n) is 8.99. The van der Waals surface area contributed by atoms with Crippen LogP contribution in [0.25, 0.3) is 0 Å². The van der Waals surface area contributed by atoms with E-state index in [0.29, 0.717) is 22.1 Å². The van der Waals surface area contributed by atoms with Crippen LogP contribution in [0.4, 0.5) is 4.39 Å². The van der Waals surface area contributed by atoms with Crippen LogP contribution in [0, 0.1) is 5.82 Å². The van der Waals surface area contributed by atoms with Crippen molar-refractivity contribution in [1.82, 2.24) is 0 Å². The molecule has 2 nitrogen and oxygen atoms in total. The largest absolute Gasteiger partial charge is 0.457 e. The Hall–Kier alpha value is -1.58. The molecule has 0 N–H and O–H groups in total. The molecule has 0 aliphatic rings. The van der Waals surface area contributed by atoms with Crippen LogP contribution < -0.4 is 4.74 Å². The van der Waals surface area contributed by atoms with E-state index in [1.54, 1.807) is 12.1 Å². The topological polar surface area (TPSA) is 26.3 Å². The molecule has 0 spiro atoms. The van der Waals surface area contributed by atoms with Gasteiger partial charge in [-0.3, -0.25) is 4.79 Å². The van der Waals surface area contributed by atoms with Gasteiger partial charge in [0.2, 0.25) is 0 Å². The lowest BCUT2D eigenvalue weighted by molar-refractivity contribution is 0.112. The molecule has 0 radical (unpaired) electrons. The lowest BCUT2D eigenvalue weighted by atomic mass is 10.2. The van der Waals surface area contributed by atoms with Crippen LogP contribution in [0.1, 0.15) is 10.4 Å². The number of carbonyl (C=O) groups excluding carboxylic acids is 1. The van der Waals surface area contributed by atoms with Crippen molar-refractivity contribution in [2.45, 2.75) is 0 Å². The van der Waals surface area contributed by atoms with Gasteiger partial charge in [0, 0.05) is 12.1 Å². The molecule has 5 heteroatoms. The highest BCUT2D eigenvalue weighted by Gasteiger charge is 2.05. The average molecular weight is 285 g/mol. The highest BCUT2D eigenvalue weighted by molar-refractivity contribution is 6.42. The van der Waals surface area contributed by atoms with Crippen LogP contribution in [-0.4, -0.2) is 6.29 Å². The van der Waals surface area contributed by atoms with Crippen LogP contribution in [0.2, 0.25) is 10.0 Å². The first kappa shape index (κ1) is 12.9. The van der Waals surface area contributed by atoms with E-state index in [9.17, 15) is 9.18 Å². The molecule has 0 bridgehead atoms. The molecule has 0 fully saturated rings. The van der Waals surface area contributed by atoms with E-state index in [-0.39, 0.29) is 11.3 Å². The fraction of sp³-hybridized carbons (Fsp3) is 0. The Morgan fingerprint density at radius 1 is 1.00 bits per heavy atom. The van der Waals surface area contributed by atoms with E-state index in [1.165, 1.54) is 18.2 Å². The molecule has 2 rings (SSSR count). The number of ether oxygens (including phenoxy) is 1. The molecule has 2 aromatic rings. The predicted octanol–water partition coefficient (Wildman–Crippen LogP) is 4.74. The van der Waals surface area contributed by atoms with E-state index in [2.05, 4.69) is 0 Å². The summed E-state index contributed by atoms with van der Waals surface area (Å²) in [7, 11) is 0. The number of hydrogen-bond acceptors (Lipinski definition) is 2. The number of rotatable bonds is 3. The van der Waals surface area contributed by atoms with Gasteiger partial charge in [-0.05, 0) is 24.3 Å². The van der Waals surface area contributed by atoms with Crippen molar-refractivity contribution in [2.24, 2.45) is 0 Å². The molecule has 0 aromatic heterocycles. The molecule has 0 aliphatic carbocycles. The van der Waals surface area contributed by atoms with Crippen LogP contribution in [0.5, 0.6) is 11.5 Å². The second-order valence-electron chi connectivity index (χ2n) is 3.48. The second-order valence-corrected chi connectivity index (χ2v) is 4.29. The van der Waals surface area contributed by atoms with Crippen LogP contribution in [0.15, 0.2) is 36.4 Å². The van der Waals surface area contributed by atoms with Gasteiger partial charge in [-0.15, -0.1) is 0 Å². The molecule has 0 aliphatic heterocycles. The monoisotopic (exact) mass is 284 g/mol. The van der Waals surface area contributed by atoms with Gasteiger partial charge in [-0.2, -0.15) is 0 Å². The van der Waals surface area contributed by atoms with Crippen LogP contribution >= 0.6 is 23.2 Å². The van der Waals surface area contributed by atoms with Gasteiger partial charge in [0.05, 0.1) is 15.6 Å². The Kier molecular flexibility index (Phi) is 3.84. The summed E-state index contributed by atoms with van der Waals surface area (Å²) < 4.78 is 18.7. The number of halogens is 3. The lowest BCUT2D eigenvalue weighted by Crippen LogP contribution is -1.90. The summed E-state index contributed by atoms with van der Waals surface area (Å²) in [6, 6.07) is 8.68. The van der Waals surface area contributed by atoms with E-state index in [0.717, 1.165) is 6.07 Å². The number of aldehydes is 1. The third kappa shape index (κ3) is 2.81. The molecule has 0 saturated heterocycles. The summed E-state index contributed by atoms with van der Waals surface area (Å²) in [4.78, 5) is 10.5. The minimum Gasteiger partial charge on any atom is -0.457 e.